The van der Waals surface area contributed by atoms with Crippen LogP contribution in [0.4, 0.5) is 17.3 Å². The summed E-state index contributed by atoms with van der Waals surface area (Å²) >= 11 is 0. The fraction of sp³-hybridized carbons (Fsp3) is 0.200. The molecule has 0 aliphatic carbocycles. The number of anilines is 2. The highest BCUT2D eigenvalue weighted by molar-refractivity contribution is 5.67. The van der Waals surface area contributed by atoms with Gasteiger partial charge < -0.3 is 15.5 Å². The maximum absolute atomic E-state index is 10.9. The van der Waals surface area contributed by atoms with Gasteiger partial charge in [0.2, 0.25) is 11.6 Å². The van der Waals surface area contributed by atoms with E-state index in [0.717, 1.165) is 0 Å². The van der Waals surface area contributed by atoms with Crippen LogP contribution in [0.3, 0.4) is 0 Å². The van der Waals surface area contributed by atoms with Crippen molar-refractivity contribution in [3.63, 3.8) is 0 Å². The predicted molar refractivity (Wildman–Crippen MR) is 63.8 cm³/mol. The Kier molecular flexibility index (Phi) is 3.09. The summed E-state index contributed by atoms with van der Waals surface area (Å²) in [6.45, 7) is 1.79. The average Bonchev–Trinajstić information content (AvgIpc) is 2.81. The van der Waals surface area contributed by atoms with Crippen LogP contribution in [0.15, 0.2) is 29.1 Å². The highest BCUT2D eigenvalue weighted by atomic mass is 16.6. The first-order valence-electron chi connectivity index (χ1n) is 5.14. The number of nitrogens with one attached hydrogen (secondary N) is 1. The molecule has 0 saturated carbocycles. The molecule has 0 aliphatic heterocycles. The summed E-state index contributed by atoms with van der Waals surface area (Å²) in [6, 6.07) is 3.22. The molecule has 2 rings (SSSR count). The molecule has 1 unspecified atom stereocenters. The van der Waals surface area contributed by atoms with Crippen molar-refractivity contribution in [2.45, 2.75) is 13.0 Å². The van der Waals surface area contributed by atoms with E-state index in [1.807, 2.05) is 0 Å². The number of hydrogen-bond donors (Lipinski definition) is 2. The highest BCUT2D eigenvalue weighted by Crippen LogP contribution is 2.29. The molecule has 0 amide bonds. The zero-order valence-corrected chi connectivity index (χ0v) is 9.53. The van der Waals surface area contributed by atoms with Gasteiger partial charge in [0.15, 0.2) is 0 Å². The third-order valence-electron chi connectivity index (χ3n) is 2.36. The van der Waals surface area contributed by atoms with Gasteiger partial charge in [-0.1, -0.05) is 0 Å². The van der Waals surface area contributed by atoms with E-state index in [-0.39, 0.29) is 23.4 Å². The molecule has 8 heteroatoms. The molecule has 0 aromatic carbocycles. The second-order valence-corrected chi connectivity index (χ2v) is 3.59. The van der Waals surface area contributed by atoms with Gasteiger partial charge in [0.1, 0.15) is 12.1 Å². The molecule has 0 aliphatic rings. The molecule has 0 bridgehead atoms. The van der Waals surface area contributed by atoms with E-state index in [4.69, 9.17) is 10.2 Å². The lowest BCUT2D eigenvalue weighted by molar-refractivity contribution is -0.383. The summed E-state index contributed by atoms with van der Waals surface area (Å²) in [4.78, 5) is 17.7. The molecular weight excluding hydrogens is 238 g/mol. The lowest BCUT2D eigenvalue weighted by atomic mass is 10.2. The fourth-order valence-electron chi connectivity index (χ4n) is 1.49. The number of nitrogens with two attached hydrogens (primary N) is 1. The zero-order valence-electron chi connectivity index (χ0n) is 9.53. The Morgan fingerprint density at radius 3 is 2.94 bits per heavy atom. The third-order valence-corrected chi connectivity index (χ3v) is 2.36. The van der Waals surface area contributed by atoms with Crippen LogP contribution in [0, 0.1) is 10.1 Å². The normalized spacial score (nSPS) is 12.1. The molecule has 8 nitrogen and oxygen atoms in total. The molecule has 0 fully saturated rings. The summed E-state index contributed by atoms with van der Waals surface area (Å²) in [5, 5.41) is 13.8. The first-order valence-corrected chi connectivity index (χ1v) is 5.14. The van der Waals surface area contributed by atoms with Crippen molar-refractivity contribution in [2.75, 3.05) is 11.1 Å². The minimum absolute atomic E-state index is 0.0661. The van der Waals surface area contributed by atoms with Crippen LogP contribution in [0.25, 0.3) is 0 Å². The van der Waals surface area contributed by atoms with E-state index < -0.39 is 4.92 Å². The van der Waals surface area contributed by atoms with Gasteiger partial charge >= 0.3 is 5.69 Å². The van der Waals surface area contributed by atoms with Crippen LogP contribution in [0.2, 0.25) is 0 Å². The Bertz CT molecular complexity index is 555. The van der Waals surface area contributed by atoms with Gasteiger partial charge in [0.05, 0.1) is 17.2 Å². The number of nitrogen functional groups attached to an aromatic ring is 1. The monoisotopic (exact) mass is 249 g/mol. The Morgan fingerprint density at radius 1 is 1.56 bits per heavy atom. The topological polar surface area (TPSA) is 120 Å². The molecule has 2 aromatic rings. The van der Waals surface area contributed by atoms with Crippen molar-refractivity contribution >= 4 is 17.3 Å². The second kappa shape index (κ2) is 4.70. The third kappa shape index (κ3) is 2.21. The minimum atomic E-state index is -0.619. The molecule has 18 heavy (non-hydrogen) atoms. The van der Waals surface area contributed by atoms with Crippen LogP contribution >= 0.6 is 0 Å². The van der Waals surface area contributed by atoms with Crippen molar-refractivity contribution in [2.24, 2.45) is 0 Å². The Labute approximate surface area is 102 Å². The smallest absolute Gasteiger partial charge is 0.353 e. The Balaban J connectivity index is 2.29. The summed E-state index contributed by atoms with van der Waals surface area (Å²) in [5.41, 5.74) is 5.12. The van der Waals surface area contributed by atoms with Crippen LogP contribution in [-0.2, 0) is 0 Å². The lowest BCUT2D eigenvalue weighted by Crippen LogP contribution is -2.11. The SMILES string of the molecule is CC(Nc1ncnc(N)c1[N+](=O)[O-])c1ccco1. The van der Waals surface area contributed by atoms with E-state index in [9.17, 15) is 10.1 Å². The summed E-state index contributed by atoms with van der Waals surface area (Å²) in [6.07, 6.45) is 2.69. The molecule has 94 valence electrons. The van der Waals surface area contributed by atoms with Crippen molar-refractivity contribution < 1.29 is 9.34 Å². The number of aromatic nitrogens is 2. The quantitative estimate of drug-likeness (QED) is 0.625. The molecule has 0 radical (unpaired) electrons. The average molecular weight is 249 g/mol. The number of furan rings is 1. The van der Waals surface area contributed by atoms with Crippen LogP contribution in [0.5, 0.6) is 0 Å². The minimum Gasteiger partial charge on any atom is -0.467 e. The van der Waals surface area contributed by atoms with Gasteiger partial charge in [-0.25, -0.2) is 9.97 Å². The summed E-state index contributed by atoms with van der Waals surface area (Å²) < 4.78 is 5.19. The molecule has 2 aromatic heterocycles. The largest absolute Gasteiger partial charge is 0.467 e. The van der Waals surface area contributed by atoms with E-state index in [2.05, 4.69) is 15.3 Å². The molecular formula is C10H11N5O3. The Hall–Kier alpha value is -2.64. The summed E-state index contributed by atoms with van der Waals surface area (Å²) in [5.74, 6) is 0.530. The number of hydrogen-bond acceptors (Lipinski definition) is 7. The number of rotatable bonds is 4. The molecule has 0 saturated heterocycles. The predicted octanol–water partition coefficient (Wildman–Crippen LogP) is 1.73. The van der Waals surface area contributed by atoms with E-state index in [0.29, 0.717) is 5.76 Å². The zero-order chi connectivity index (χ0) is 13.1. The van der Waals surface area contributed by atoms with Crippen LogP contribution < -0.4 is 11.1 Å². The van der Waals surface area contributed by atoms with Gasteiger partial charge in [-0.05, 0) is 19.1 Å². The van der Waals surface area contributed by atoms with Gasteiger partial charge in [-0.15, -0.1) is 0 Å². The van der Waals surface area contributed by atoms with E-state index in [1.165, 1.54) is 12.6 Å². The van der Waals surface area contributed by atoms with Gasteiger partial charge in [-0.2, -0.15) is 0 Å². The first-order chi connectivity index (χ1) is 8.59. The lowest BCUT2D eigenvalue weighted by Gasteiger charge is -2.12. The molecule has 1 atom stereocenters. The van der Waals surface area contributed by atoms with Gasteiger partial charge in [0.25, 0.3) is 0 Å². The maximum atomic E-state index is 10.9. The maximum Gasteiger partial charge on any atom is 0.353 e. The second-order valence-electron chi connectivity index (χ2n) is 3.59. The van der Waals surface area contributed by atoms with Gasteiger partial charge in [-0.3, -0.25) is 10.1 Å². The van der Waals surface area contributed by atoms with Crippen LogP contribution in [0.1, 0.15) is 18.7 Å². The van der Waals surface area contributed by atoms with Crippen molar-refractivity contribution in [1.29, 1.82) is 0 Å². The molecule has 3 N–H and O–H groups in total. The van der Waals surface area contributed by atoms with Crippen molar-refractivity contribution in [3.05, 3.63) is 40.6 Å². The Morgan fingerprint density at radius 2 is 2.33 bits per heavy atom. The molecule has 0 spiro atoms. The van der Waals surface area contributed by atoms with Crippen molar-refractivity contribution in [1.82, 2.24) is 9.97 Å². The summed E-state index contributed by atoms with van der Waals surface area (Å²) in [7, 11) is 0. The van der Waals surface area contributed by atoms with Crippen molar-refractivity contribution in [3.8, 4) is 0 Å². The highest BCUT2D eigenvalue weighted by Gasteiger charge is 2.22. The molecule has 2 heterocycles. The number of nitrogens with zero attached hydrogens (tertiary/aromatic N) is 3. The fourth-order valence-corrected chi connectivity index (χ4v) is 1.49. The standard InChI is InChI=1S/C10H11N5O3/c1-6(7-3-2-4-18-7)14-10-8(15(16)17)9(11)12-5-13-10/h2-6H,1H3,(H3,11,12,13,14). The van der Waals surface area contributed by atoms with E-state index >= 15 is 0 Å². The van der Waals surface area contributed by atoms with Crippen LogP contribution in [-0.4, -0.2) is 14.9 Å². The van der Waals surface area contributed by atoms with E-state index in [1.54, 1.807) is 19.1 Å². The van der Waals surface area contributed by atoms with Gasteiger partial charge in [0, 0.05) is 0 Å². The number of nitro groups is 1. The first kappa shape index (κ1) is 11.8.